The van der Waals surface area contributed by atoms with Gasteiger partial charge >= 0.3 is 0 Å². The van der Waals surface area contributed by atoms with Crippen molar-refractivity contribution in [2.45, 2.75) is 24.8 Å². The zero-order valence-corrected chi connectivity index (χ0v) is 16.3. The molecule has 1 fully saturated rings. The summed E-state index contributed by atoms with van der Waals surface area (Å²) in [6, 6.07) is 4.22. The van der Waals surface area contributed by atoms with Crippen LogP contribution < -0.4 is 20.5 Å². The molecule has 0 spiro atoms. The third-order valence-electron chi connectivity index (χ3n) is 4.02. The third kappa shape index (κ3) is 5.22. The van der Waals surface area contributed by atoms with Crippen molar-refractivity contribution in [2.24, 2.45) is 5.14 Å². The highest BCUT2D eigenvalue weighted by Gasteiger charge is 2.44. The number of aromatic nitrogens is 2. The smallest absolute Gasteiger partial charge is 0.274 e. The van der Waals surface area contributed by atoms with Crippen LogP contribution in [0.2, 0.25) is 0 Å². The minimum Gasteiger partial charge on any atom is -0.365 e. The predicted octanol–water partition coefficient (Wildman–Crippen LogP) is 1.54. The molecule has 0 unspecified atom stereocenters. The average Bonchev–Trinajstić information content (AvgIpc) is 3.14. The van der Waals surface area contributed by atoms with E-state index < -0.39 is 21.6 Å². The van der Waals surface area contributed by atoms with E-state index in [1.807, 2.05) is 0 Å². The Bertz CT molecular complexity index is 961. The first-order chi connectivity index (χ1) is 12.7. The van der Waals surface area contributed by atoms with Crippen LogP contribution in [0.1, 0.15) is 25.0 Å². The molecule has 0 aliphatic heterocycles. The van der Waals surface area contributed by atoms with E-state index in [0.717, 1.165) is 0 Å². The van der Waals surface area contributed by atoms with Gasteiger partial charge in [0.1, 0.15) is 5.82 Å². The molecule has 6 N–H and O–H groups in total. The second kappa shape index (κ2) is 7.50. The number of nitrogens with zero attached hydrogens (tertiary/aromatic N) is 2. The fraction of sp³-hybridized carbons (Fsp3) is 0.357. The molecule has 1 aliphatic carbocycles. The molecule has 146 valence electrons. The largest absolute Gasteiger partial charge is 0.365 e. The van der Waals surface area contributed by atoms with Crippen LogP contribution in [0, 0.1) is 11.2 Å². The Balaban J connectivity index is 1.59. The lowest BCUT2D eigenvalue weighted by Gasteiger charge is -2.15. The maximum atomic E-state index is 13.3. The SMILES string of the molecule is N=C(Nc1ccc(F)c(Br)c1)c1nonc1NCCC1(NS(N)(=O)=O)CC1. The van der Waals surface area contributed by atoms with Crippen molar-refractivity contribution in [2.75, 3.05) is 17.2 Å². The number of amidine groups is 1. The summed E-state index contributed by atoms with van der Waals surface area (Å²) in [5, 5.41) is 26.3. The zero-order valence-electron chi connectivity index (χ0n) is 13.9. The van der Waals surface area contributed by atoms with Crippen molar-refractivity contribution < 1.29 is 17.4 Å². The first-order valence-corrected chi connectivity index (χ1v) is 10.2. The summed E-state index contributed by atoms with van der Waals surface area (Å²) in [6.45, 7) is 0.374. The molecule has 1 heterocycles. The zero-order chi connectivity index (χ0) is 19.7. The highest BCUT2D eigenvalue weighted by atomic mass is 79.9. The highest BCUT2D eigenvalue weighted by molar-refractivity contribution is 9.10. The molecule has 1 aromatic carbocycles. The molecular weight excluding hydrogens is 445 g/mol. The number of benzene rings is 1. The van der Waals surface area contributed by atoms with Crippen molar-refractivity contribution in [1.29, 1.82) is 5.41 Å². The first-order valence-electron chi connectivity index (χ1n) is 7.87. The molecule has 3 rings (SSSR count). The predicted molar refractivity (Wildman–Crippen MR) is 100 cm³/mol. The van der Waals surface area contributed by atoms with Gasteiger partial charge in [-0.15, -0.1) is 0 Å². The monoisotopic (exact) mass is 461 g/mol. The molecule has 2 aromatic rings. The van der Waals surface area contributed by atoms with Crippen molar-refractivity contribution in [3.63, 3.8) is 0 Å². The van der Waals surface area contributed by atoms with Gasteiger partial charge in [0, 0.05) is 17.8 Å². The summed E-state index contributed by atoms with van der Waals surface area (Å²) in [7, 11) is -3.77. The van der Waals surface area contributed by atoms with Crippen LogP contribution in [-0.2, 0) is 10.2 Å². The van der Waals surface area contributed by atoms with E-state index >= 15 is 0 Å². The summed E-state index contributed by atoms with van der Waals surface area (Å²) >= 11 is 3.08. The van der Waals surface area contributed by atoms with Gasteiger partial charge in [0.2, 0.25) is 5.82 Å². The summed E-state index contributed by atoms with van der Waals surface area (Å²) in [6.07, 6.45) is 1.89. The fourth-order valence-electron chi connectivity index (χ4n) is 2.52. The summed E-state index contributed by atoms with van der Waals surface area (Å²) in [4.78, 5) is 0. The Kier molecular flexibility index (Phi) is 5.46. The second-order valence-corrected chi connectivity index (χ2v) is 8.34. The maximum Gasteiger partial charge on any atom is 0.274 e. The average molecular weight is 462 g/mol. The molecule has 0 bridgehead atoms. The molecule has 0 saturated heterocycles. The van der Waals surface area contributed by atoms with E-state index in [0.29, 0.717) is 31.5 Å². The Morgan fingerprint density at radius 2 is 2.15 bits per heavy atom. The van der Waals surface area contributed by atoms with Gasteiger partial charge < -0.3 is 10.6 Å². The minimum absolute atomic E-state index is 0.0962. The van der Waals surface area contributed by atoms with Gasteiger partial charge in [-0.2, -0.15) is 13.1 Å². The first kappa shape index (κ1) is 19.7. The molecule has 27 heavy (non-hydrogen) atoms. The van der Waals surface area contributed by atoms with E-state index in [-0.39, 0.29) is 21.8 Å². The van der Waals surface area contributed by atoms with E-state index in [1.54, 1.807) is 0 Å². The molecule has 1 saturated carbocycles. The van der Waals surface area contributed by atoms with Crippen LogP contribution in [0.4, 0.5) is 15.9 Å². The van der Waals surface area contributed by atoms with Crippen molar-refractivity contribution >= 4 is 43.5 Å². The highest BCUT2D eigenvalue weighted by Crippen LogP contribution is 2.39. The fourth-order valence-corrected chi connectivity index (χ4v) is 3.81. The Morgan fingerprint density at radius 1 is 1.41 bits per heavy atom. The van der Waals surface area contributed by atoms with E-state index in [4.69, 9.17) is 10.5 Å². The number of anilines is 2. The van der Waals surface area contributed by atoms with Gasteiger partial charge in [-0.1, -0.05) is 0 Å². The van der Waals surface area contributed by atoms with E-state index in [2.05, 4.69) is 46.2 Å². The second-order valence-electron chi connectivity index (χ2n) is 6.19. The van der Waals surface area contributed by atoms with Crippen LogP contribution in [-0.4, -0.2) is 36.7 Å². The topological polar surface area (TPSA) is 159 Å². The number of hydrogen-bond acceptors (Lipinski definition) is 7. The number of nitrogens with one attached hydrogen (secondary N) is 4. The number of rotatable bonds is 8. The Hall–Kier alpha value is -2.09. The molecule has 1 aromatic heterocycles. The molecule has 1 aliphatic rings. The summed E-state index contributed by atoms with van der Waals surface area (Å²) in [5.41, 5.74) is 0.0839. The van der Waals surface area contributed by atoms with Gasteiger partial charge in [-0.05, 0) is 63.7 Å². The molecular formula is C14H17BrFN7O3S. The van der Waals surface area contributed by atoms with Gasteiger partial charge in [-0.3, -0.25) is 5.41 Å². The van der Waals surface area contributed by atoms with Crippen LogP contribution in [0.25, 0.3) is 0 Å². The third-order valence-corrected chi connectivity index (χ3v) is 5.35. The molecule has 0 radical (unpaired) electrons. The molecule has 13 heteroatoms. The van der Waals surface area contributed by atoms with Crippen molar-refractivity contribution in [1.82, 2.24) is 15.0 Å². The van der Waals surface area contributed by atoms with Crippen molar-refractivity contribution in [3.8, 4) is 0 Å². The van der Waals surface area contributed by atoms with Crippen LogP contribution in [0.5, 0.6) is 0 Å². The Morgan fingerprint density at radius 3 is 2.78 bits per heavy atom. The quantitative estimate of drug-likeness (QED) is 0.294. The number of nitrogens with two attached hydrogens (primary N) is 1. The van der Waals surface area contributed by atoms with Gasteiger partial charge in [0.15, 0.2) is 11.5 Å². The lowest BCUT2D eigenvalue weighted by molar-refractivity contribution is 0.307. The molecule has 0 amide bonds. The lowest BCUT2D eigenvalue weighted by atomic mass is 10.2. The summed E-state index contributed by atoms with van der Waals surface area (Å²) in [5.74, 6) is -0.277. The van der Waals surface area contributed by atoms with Crippen LogP contribution >= 0.6 is 15.9 Å². The van der Waals surface area contributed by atoms with E-state index in [1.165, 1.54) is 18.2 Å². The number of hydrogen-bond donors (Lipinski definition) is 5. The Labute approximate surface area is 162 Å². The lowest BCUT2D eigenvalue weighted by Crippen LogP contribution is -2.42. The molecule has 0 atom stereocenters. The normalized spacial score (nSPS) is 15.4. The number of halogens is 2. The minimum atomic E-state index is -3.77. The van der Waals surface area contributed by atoms with Crippen LogP contribution in [0.3, 0.4) is 0 Å². The van der Waals surface area contributed by atoms with Gasteiger partial charge in [0.25, 0.3) is 10.2 Å². The van der Waals surface area contributed by atoms with Crippen LogP contribution in [0.15, 0.2) is 27.3 Å². The van der Waals surface area contributed by atoms with Crippen molar-refractivity contribution in [3.05, 3.63) is 34.2 Å². The van der Waals surface area contributed by atoms with Gasteiger partial charge in [0.05, 0.1) is 4.47 Å². The standard InChI is InChI=1S/C14H17BrFN7O3S/c15-9-7-8(1-2-10(9)16)20-12(17)11-13(22-26-21-11)19-6-5-14(3-4-14)23-27(18,24)25/h1-2,7,23H,3-6H2,(H2,17,20)(H,19,22)(H2,18,24,25). The van der Waals surface area contributed by atoms with Gasteiger partial charge in [-0.25, -0.2) is 14.2 Å². The van der Waals surface area contributed by atoms with E-state index in [9.17, 15) is 12.8 Å². The molecule has 10 nitrogen and oxygen atoms in total. The maximum absolute atomic E-state index is 13.3. The summed E-state index contributed by atoms with van der Waals surface area (Å²) < 4.78 is 43.0.